The number of phenols is 1. The minimum Gasteiger partial charge on any atom is -0.508 e. The molecule has 2 aliphatic heterocycles. The summed E-state index contributed by atoms with van der Waals surface area (Å²) in [5.41, 5.74) is -0.115. The molecule has 1 atom stereocenters. The Hall–Kier alpha value is -4.14. The van der Waals surface area contributed by atoms with Gasteiger partial charge in [0.25, 0.3) is 0 Å². The molecule has 2 fully saturated rings. The number of aromatic nitrogens is 3. The highest BCUT2D eigenvalue weighted by molar-refractivity contribution is 6.01. The number of pyridine rings is 1. The van der Waals surface area contributed by atoms with Gasteiger partial charge in [0.05, 0.1) is 18.1 Å². The third kappa shape index (κ3) is 5.05. The first-order valence-corrected chi connectivity index (χ1v) is 14.2. The predicted octanol–water partition coefficient (Wildman–Crippen LogP) is 4.84. The molecule has 2 saturated heterocycles. The number of phenolic OH excluding ortho intramolecular Hbond substituents is 1. The number of fused-ring (bicyclic) bond motifs is 2. The van der Waals surface area contributed by atoms with E-state index in [9.17, 15) is 14.8 Å². The quantitative estimate of drug-likeness (QED) is 0.346. The lowest BCUT2D eigenvalue weighted by Crippen LogP contribution is -2.31. The smallest absolute Gasteiger partial charge is 0.319 e. The Morgan fingerprint density at radius 3 is 2.79 bits per heavy atom. The van der Waals surface area contributed by atoms with Crippen LogP contribution in [0.2, 0.25) is 0 Å². The molecule has 1 unspecified atom stereocenters. The summed E-state index contributed by atoms with van der Waals surface area (Å²) in [6.45, 7) is 5.49. The van der Waals surface area contributed by atoms with E-state index in [1.807, 2.05) is 18.9 Å². The van der Waals surface area contributed by atoms with E-state index in [0.717, 1.165) is 13.0 Å². The van der Waals surface area contributed by atoms with Gasteiger partial charge in [-0.1, -0.05) is 13.0 Å². The summed E-state index contributed by atoms with van der Waals surface area (Å²) in [5, 5.41) is 21.9. The molecule has 0 bridgehead atoms. The van der Waals surface area contributed by atoms with Crippen LogP contribution in [0.25, 0.3) is 32.9 Å². The predicted molar refractivity (Wildman–Crippen MR) is 155 cm³/mol. The number of rotatable bonds is 6. The maximum atomic E-state index is 16.6. The minimum atomic E-state index is -0.735. The number of halogens is 2. The van der Waals surface area contributed by atoms with E-state index in [0.29, 0.717) is 73.2 Å². The van der Waals surface area contributed by atoms with E-state index >= 15 is 4.39 Å². The highest BCUT2D eigenvalue weighted by Crippen LogP contribution is 2.39. The van der Waals surface area contributed by atoms with Crippen molar-refractivity contribution >= 4 is 27.5 Å². The molecule has 0 aliphatic carbocycles. The fraction of sp³-hybridized carbons (Fsp3) is 0.419. The van der Waals surface area contributed by atoms with E-state index in [1.54, 1.807) is 6.07 Å². The van der Waals surface area contributed by atoms with Gasteiger partial charge in [-0.3, -0.25) is 4.98 Å². The van der Waals surface area contributed by atoms with Crippen LogP contribution in [0.5, 0.6) is 11.8 Å². The fourth-order valence-corrected chi connectivity index (χ4v) is 6.03. The Kier molecular flexibility index (Phi) is 7.51. The topological polar surface area (TPSA) is 108 Å². The van der Waals surface area contributed by atoms with Crippen molar-refractivity contribution in [2.75, 3.05) is 57.9 Å². The lowest BCUT2D eigenvalue weighted by Gasteiger charge is -2.24. The van der Waals surface area contributed by atoms with Crippen LogP contribution in [0.1, 0.15) is 25.3 Å². The molecule has 9 nitrogen and oxygen atoms in total. The number of benzene rings is 2. The number of aromatic hydroxyl groups is 1. The van der Waals surface area contributed by atoms with E-state index in [4.69, 9.17) is 9.47 Å². The van der Waals surface area contributed by atoms with Crippen LogP contribution in [0, 0.1) is 28.4 Å². The Morgan fingerprint density at radius 2 is 2.02 bits per heavy atom. The number of aryl methyl sites for hydroxylation is 1. The Balaban J connectivity index is 1.52. The number of anilines is 1. The minimum absolute atomic E-state index is 0.00865. The van der Waals surface area contributed by atoms with Crippen LogP contribution in [0.15, 0.2) is 30.5 Å². The van der Waals surface area contributed by atoms with Crippen molar-refractivity contribution in [3.8, 4) is 29.1 Å². The third-order valence-electron chi connectivity index (χ3n) is 8.19. The summed E-state index contributed by atoms with van der Waals surface area (Å²) in [6.07, 6.45) is 3.29. The summed E-state index contributed by atoms with van der Waals surface area (Å²) < 4.78 is 43.1. The Morgan fingerprint density at radius 1 is 1.17 bits per heavy atom. The standard InChI is InChI=1S/C31H32F2N6O3/c1-3-21-24(32)6-5-19-13-20(40)14-22(25(19)21)27-26(33)28-23(15-35-27)29(39-8-4-11-41-12-10-39)37-30(36-28)42-18-31(16-34)7-9-38(2)17-31/h5-6,13-15,40H,3-4,7-12,17-18H2,1-2H3. The molecular formula is C31H32F2N6O3. The summed E-state index contributed by atoms with van der Waals surface area (Å²) in [5.74, 6) is -0.770. The zero-order chi connectivity index (χ0) is 29.4. The highest BCUT2D eigenvalue weighted by atomic mass is 19.1. The number of ether oxygens (including phenoxy) is 2. The number of nitriles is 1. The van der Waals surface area contributed by atoms with Crippen molar-refractivity contribution in [1.82, 2.24) is 19.9 Å². The third-order valence-corrected chi connectivity index (χ3v) is 8.19. The summed E-state index contributed by atoms with van der Waals surface area (Å²) >= 11 is 0. The number of hydrogen-bond acceptors (Lipinski definition) is 9. The van der Waals surface area contributed by atoms with Gasteiger partial charge in [0, 0.05) is 38.0 Å². The molecule has 2 aromatic carbocycles. The van der Waals surface area contributed by atoms with Gasteiger partial charge in [0.2, 0.25) is 0 Å². The zero-order valence-corrected chi connectivity index (χ0v) is 23.7. The van der Waals surface area contributed by atoms with Gasteiger partial charge < -0.3 is 24.4 Å². The molecule has 11 heteroatoms. The van der Waals surface area contributed by atoms with Gasteiger partial charge in [-0.25, -0.2) is 8.78 Å². The molecular weight excluding hydrogens is 542 g/mol. The SMILES string of the molecule is CCc1c(F)ccc2cc(O)cc(-c3ncc4c(N5CCCOCC5)nc(OCC5(C#N)CCN(C)C5)nc4c3F)c12. The van der Waals surface area contributed by atoms with Crippen molar-refractivity contribution in [2.24, 2.45) is 5.41 Å². The van der Waals surface area contributed by atoms with Crippen LogP contribution in [-0.4, -0.2) is 78.0 Å². The molecule has 42 heavy (non-hydrogen) atoms. The average Bonchev–Trinajstić information content (AvgIpc) is 3.17. The van der Waals surface area contributed by atoms with Gasteiger partial charge in [-0.05, 0) is 67.4 Å². The molecule has 4 aromatic rings. The maximum absolute atomic E-state index is 16.6. The first-order chi connectivity index (χ1) is 20.3. The van der Waals surface area contributed by atoms with Gasteiger partial charge in [0.15, 0.2) is 5.82 Å². The second-order valence-corrected chi connectivity index (χ2v) is 11.1. The number of hydrogen-bond donors (Lipinski definition) is 1. The van der Waals surface area contributed by atoms with Gasteiger partial charge >= 0.3 is 6.01 Å². The molecule has 4 heterocycles. The second-order valence-electron chi connectivity index (χ2n) is 11.1. The first kappa shape index (κ1) is 28.0. The molecule has 2 aliphatic rings. The monoisotopic (exact) mass is 574 g/mol. The van der Waals surface area contributed by atoms with Crippen molar-refractivity contribution in [1.29, 1.82) is 5.26 Å². The molecule has 0 spiro atoms. The normalized spacial score (nSPS) is 19.7. The Bertz CT molecular complexity index is 1700. The molecule has 0 saturated carbocycles. The van der Waals surface area contributed by atoms with Crippen LogP contribution in [0.3, 0.4) is 0 Å². The van der Waals surface area contributed by atoms with E-state index in [1.165, 1.54) is 24.4 Å². The van der Waals surface area contributed by atoms with Crippen molar-refractivity contribution in [3.05, 3.63) is 47.7 Å². The van der Waals surface area contributed by atoms with Gasteiger partial charge in [0.1, 0.15) is 40.6 Å². The highest BCUT2D eigenvalue weighted by Gasteiger charge is 2.38. The fourth-order valence-electron chi connectivity index (χ4n) is 6.03. The molecule has 218 valence electrons. The number of nitrogens with zero attached hydrogens (tertiary/aromatic N) is 6. The largest absolute Gasteiger partial charge is 0.508 e. The van der Waals surface area contributed by atoms with E-state index in [-0.39, 0.29) is 35.1 Å². The zero-order valence-electron chi connectivity index (χ0n) is 23.7. The molecule has 6 rings (SSSR count). The van der Waals surface area contributed by atoms with Crippen LogP contribution in [0.4, 0.5) is 14.6 Å². The van der Waals surface area contributed by atoms with Crippen molar-refractivity contribution in [2.45, 2.75) is 26.2 Å². The summed E-state index contributed by atoms with van der Waals surface area (Å²) in [6, 6.07) is 8.19. The Labute approximate surface area is 242 Å². The van der Waals surface area contributed by atoms with E-state index < -0.39 is 17.0 Å². The van der Waals surface area contributed by atoms with Gasteiger partial charge in [-0.2, -0.15) is 15.2 Å². The average molecular weight is 575 g/mol. The summed E-state index contributed by atoms with van der Waals surface area (Å²) in [4.78, 5) is 17.7. The van der Waals surface area contributed by atoms with Crippen LogP contribution in [-0.2, 0) is 11.2 Å². The maximum Gasteiger partial charge on any atom is 0.319 e. The second kappa shape index (κ2) is 11.3. The number of likely N-dealkylation sites (tertiary alicyclic amines) is 1. The molecule has 0 radical (unpaired) electrons. The lowest BCUT2D eigenvalue weighted by molar-refractivity contribution is 0.152. The van der Waals surface area contributed by atoms with E-state index in [2.05, 4.69) is 25.9 Å². The molecule has 0 amide bonds. The van der Waals surface area contributed by atoms with Crippen molar-refractivity contribution in [3.63, 3.8) is 0 Å². The molecule has 1 N–H and O–H groups in total. The van der Waals surface area contributed by atoms with Crippen LogP contribution < -0.4 is 9.64 Å². The van der Waals surface area contributed by atoms with Gasteiger partial charge in [-0.15, -0.1) is 0 Å². The first-order valence-electron chi connectivity index (χ1n) is 14.2. The van der Waals surface area contributed by atoms with Crippen LogP contribution >= 0.6 is 0 Å². The van der Waals surface area contributed by atoms with Crippen molar-refractivity contribution < 1.29 is 23.4 Å². The lowest BCUT2D eigenvalue weighted by atomic mass is 9.90. The molecule has 2 aromatic heterocycles. The summed E-state index contributed by atoms with van der Waals surface area (Å²) in [7, 11) is 1.95.